The molecular formula is C19H31N. The molecule has 0 saturated heterocycles. The molecule has 1 heteroatoms. The highest BCUT2D eigenvalue weighted by molar-refractivity contribution is 5.23. The monoisotopic (exact) mass is 273 g/mol. The van der Waals surface area contributed by atoms with E-state index in [0.717, 1.165) is 18.4 Å². The zero-order valence-corrected chi connectivity index (χ0v) is 13.5. The molecule has 1 unspecified atom stereocenters. The van der Waals surface area contributed by atoms with E-state index in [9.17, 15) is 0 Å². The van der Waals surface area contributed by atoms with E-state index in [2.05, 4.69) is 50.4 Å². The Bertz CT molecular complexity index is 391. The van der Waals surface area contributed by atoms with Crippen molar-refractivity contribution in [1.82, 2.24) is 5.32 Å². The van der Waals surface area contributed by atoms with Gasteiger partial charge < -0.3 is 5.32 Å². The van der Waals surface area contributed by atoms with Crippen LogP contribution in [0.2, 0.25) is 0 Å². The van der Waals surface area contributed by atoms with E-state index in [0.29, 0.717) is 6.04 Å². The Morgan fingerprint density at radius 1 is 1.15 bits per heavy atom. The van der Waals surface area contributed by atoms with Gasteiger partial charge in [-0.15, -0.1) is 0 Å². The van der Waals surface area contributed by atoms with Gasteiger partial charge in [0, 0.05) is 6.04 Å². The number of nitrogens with one attached hydrogen (secondary N) is 1. The third kappa shape index (κ3) is 4.34. The van der Waals surface area contributed by atoms with E-state index in [1.54, 1.807) is 0 Å². The summed E-state index contributed by atoms with van der Waals surface area (Å²) in [4.78, 5) is 0. The Kier molecular flexibility index (Phi) is 6.09. The van der Waals surface area contributed by atoms with Crippen LogP contribution in [0.15, 0.2) is 24.3 Å². The third-order valence-electron chi connectivity index (χ3n) is 5.04. The van der Waals surface area contributed by atoms with Gasteiger partial charge in [-0.05, 0) is 50.1 Å². The van der Waals surface area contributed by atoms with E-state index in [-0.39, 0.29) is 0 Å². The third-order valence-corrected chi connectivity index (χ3v) is 5.04. The lowest BCUT2D eigenvalue weighted by molar-refractivity contribution is 0.218. The van der Waals surface area contributed by atoms with E-state index >= 15 is 0 Å². The fourth-order valence-corrected chi connectivity index (χ4v) is 3.76. The summed E-state index contributed by atoms with van der Waals surface area (Å²) in [6, 6.07) is 9.69. The van der Waals surface area contributed by atoms with Crippen LogP contribution in [0, 0.1) is 18.8 Å². The Hall–Kier alpha value is -0.820. The topological polar surface area (TPSA) is 12.0 Å². The number of aryl methyl sites for hydroxylation is 1. The zero-order chi connectivity index (χ0) is 14.4. The van der Waals surface area contributed by atoms with Crippen LogP contribution < -0.4 is 5.32 Å². The molecule has 1 aliphatic rings. The molecular weight excluding hydrogens is 242 g/mol. The van der Waals surface area contributed by atoms with Gasteiger partial charge in [-0.3, -0.25) is 0 Å². The second-order valence-corrected chi connectivity index (χ2v) is 6.55. The lowest BCUT2D eigenvalue weighted by Gasteiger charge is -2.34. The van der Waals surface area contributed by atoms with Gasteiger partial charge in [0.05, 0.1) is 0 Å². The average Bonchev–Trinajstić information content (AvgIpc) is 2.47. The minimum Gasteiger partial charge on any atom is -0.314 e. The Labute approximate surface area is 125 Å². The van der Waals surface area contributed by atoms with Crippen molar-refractivity contribution >= 4 is 0 Å². The quantitative estimate of drug-likeness (QED) is 0.790. The van der Waals surface area contributed by atoms with Gasteiger partial charge in [0.15, 0.2) is 0 Å². The summed E-state index contributed by atoms with van der Waals surface area (Å²) in [5.41, 5.74) is 2.88. The number of likely N-dealkylation sites (N-methyl/N-ethyl adjacent to an activating group) is 1. The van der Waals surface area contributed by atoms with E-state index in [4.69, 9.17) is 0 Å². The summed E-state index contributed by atoms with van der Waals surface area (Å²) in [6.07, 6.45) is 8.28. The van der Waals surface area contributed by atoms with Crippen LogP contribution in [-0.4, -0.2) is 12.6 Å². The summed E-state index contributed by atoms with van der Waals surface area (Å²) in [5, 5.41) is 3.75. The number of hydrogen-bond donors (Lipinski definition) is 1. The fourth-order valence-electron chi connectivity index (χ4n) is 3.76. The van der Waals surface area contributed by atoms with Gasteiger partial charge in [0.25, 0.3) is 0 Å². The summed E-state index contributed by atoms with van der Waals surface area (Å²) < 4.78 is 0. The van der Waals surface area contributed by atoms with Crippen LogP contribution in [0.1, 0.15) is 57.1 Å². The van der Waals surface area contributed by atoms with Crippen LogP contribution in [0.3, 0.4) is 0 Å². The number of rotatable bonds is 6. The molecule has 0 amide bonds. The van der Waals surface area contributed by atoms with Gasteiger partial charge in [0.1, 0.15) is 0 Å². The molecule has 20 heavy (non-hydrogen) atoms. The normalized spacial score (nSPS) is 24.6. The second kappa shape index (κ2) is 7.83. The molecule has 1 fully saturated rings. The van der Waals surface area contributed by atoms with Crippen LogP contribution in [0.25, 0.3) is 0 Å². The first-order chi connectivity index (χ1) is 9.72. The molecule has 0 spiro atoms. The first-order valence-electron chi connectivity index (χ1n) is 8.51. The SMILES string of the molecule is CCNC(Cc1cccc(C)c1)C1CCC(CC)CC1. The maximum absolute atomic E-state index is 3.75. The number of benzene rings is 1. The molecule has 0 radical (unpaired) electrons. The van der Waals surface area contributed by atoms with E-state index in [1.165, 1.54) is 49.7 Å². The molecule has 1 nitrogen and oxygen atoms in total. The lowest BCUT2D eigenvalue weighted by atomic mass is 9.76. The number of hydrogen-bond acceptors (Lipinski definition) is 1. The van der Waals surface area contributed by atoms with Crippen molar-refractivity contribution < 1.29 is 0 Å². The molecule has 1 atom stereocenters. The highest BCUT2D eigenvalue weighted by Crippen LogP contribution is 2.33. The minimum atomic E-state index is 0.666. The van der Waals surface area contributed by atoms with Gasteiger partial charge in [-0.1, -0.05) is 62.9 Å². The second-order valence-electron chi connectivity index (χ2n) is 6.55. The van der Waals surface area contributed by atoms with Crippen molar-refractivity contribution in [2.75, 3.05) is 6.54 Å². The van der Waals surface area contributed by atoms with Crippen molar-refractivity contribution in [1.29, 1.82) is 0 Å². The van der Waals surface area contributed by atoms with Crippen molar-refractivity contribution in [2.45, 2.75) is 65.3 Å². The predicted molar refractivity (Wildman–Crippen MR) is 88.1 cm³/mol. The van der Waals surface area contributed by atoms with E-state index in [1.807, 2.05) is 0 Å². The minimum absolute atomic E-state index is 0.666. The largest absolute Gasteiger partial charge is 0.314 e. The highest BCUT2D eigenvalue weighted by Gasteiger charge is 2.26. The molecule has 112 valence electrons. The lowest BCUT2D eigenvalue weighted by Crippen LogP contribution is -2.39. The molecule has 1 aliphatic carbocycles. The molecule has 1 aromatic rings. The fraction of sp³-hybridized carbons (Fsp3) is 0.684. The Balaban J connectivity index is 1.96. The van der Waals surface area contributed by atoms with Crippen molar-refractivity contribution in [3.8, 4) is 0 Å². The van der Waals surface area contributed by atoms with Crippen LogP contribution >= 0.6 is 0 Å². The first-order valence-corrected chi connectivity index (χ1v) is 8.51. The summed E-state index contributed by atoms with van der Waals surface area (Å²) in [5.74, 6) is 1.87. The van der Waals surface area contributed by atoms with Gasteiger partial charge in [-0.25, -0.2) is 0 Å². The summed E-state index contributed by atoms with van der Waals surface area (Å²) in [7, 11) is 0. The van der Waals surface area contributed by atoms with E-state index < -0.39 is 0 Å². The molecule has 1 aromatic carbocycles. The van der Waals surface area contributed by atoms with Gasteiger partial charge in [-0.2, -0.15) is 0 Å². The van der Waals surface area contributed by atoms with Crippen LogP contribution in [0.4, 0.5) is 0 Å². The van der Waals surface area contributed by atoms with Crippen molar-refractivity contribution in [3.05, 3.63) is 35.4 Å². The first kappa shape index (κ1) is 15.6. The zero-order valence-electron chi connectivity index (χ0n) is 13.5. The van der Waals surface area contributed by atoms with Gasteiger partial charge >= 0.3 is 0 Å². The Morgan fingerprint density at radius 2 is 1.90 bits per heavy atom. The maximum atomic E-state index is 3.75. The molecule has 1 N–H and O–H groups in total. The molecule has 0 bridgehead atoms. The van der Waals surface area contributed by atoms with Crippen molar-refractivity contribution in [3.63, 3.8) is 0 Å². The highest BCUT2D eigenvalue weighted by atomic mass is 14.9. The van der Waals surface area contributed by atoms with Crippen molar-refractivity contribution in [2.24, 2.45) is 11.8 Å². The standard InChI is InChI=1S/C19H31N/c1-4-16-9-11-18(12-10-16)19(20-5-2)14-17-8-6-7-15(3)13-17/h6-8,13,16,18-20H,4-5,9-12,14H2,1-3H3. The smallest absolute Gasteiger partial charge is 0.0136 e. The van der Waals surface area contributed by atoms with Crippen LogP contribution in [0.5, 0.6) is 0 Å². The summed E-state index contributed by atoms with van der Waals surface area (Å²) in [6.45, 7) is 7.86. The van der Waals surface area contributed by atoms with Crippen LogP contribution in [-0.2, 0) is 6.42 Å². The Morgan fingerprint density at radius 3 is 2.50 bits per heavy atom. The molecule has 0 aromatic heterocycles. The maximum Gasteiger partial charge on any atom is 0.0136 e. The molecule has 0 heterocycles. The van der Waals surface area contributed by atoms with Gasteiger partial charge in [0.2, 0.25) is 0 Å². The molecule has 2 rings (SSSR count). The summed E-state index contributed by atoms with van der Waals surface area (Å²) >= 11 is 0. The molecule has 0 aliphatic heterocycles. The predicted octanol–water partition coefficient (Wildman–Crippen LogP) is 4.73. The molecule has 1 saturated carbocycles. The average molecular weight is 273 g/mol.